The van der Waals surface area contributed by atoms with Gasteiger partial charge in [-0.05, 0) is 53.6 Å². The summed E-state index contributed by atoms with van der Waals surface area (Å²) in [5.74, 6) is 1.05. The summed E-state index contributed by atoms with van der Waals surface area (Å²) in [5, 5.41) is 3.34. The molecule has 0 radical (unpaired) electrons. The van der Waals surface area contributed by atoms with Crippen molar-refractivity contribution in [2.75, 3.05) is 36.5 Å². The topological polar surface area (TPSA) is 79.5 Å². The molecule has 0 atom stereocenters. The molecule has 6 rings (SSSR count). The lowest BCUT2D eigenvalue weighted by Crippen LogP contribution is -2.36. The van der Waals surface area contributed by atoms with E-state index in [1.807, 2.05) is 36.4 Å². The van der Waals surface area contributed by atoms with E-state index in [2.05, 4.69) is 26.3 Å². The van der Waals surface area contributed by atoms with Crippen LogP contribution in [0.15, 0.2) is 71.7 Å². The summed E-state index contributed by atoms with van der Waals surface area (Å²) in [7, 11) is 0. The highest BCUT2D eigenvalue weighted by Crippen LogP contribution is 2.43. The van der Waals surface area contributed by atoms with E-state index in [9.17, 15) is 9.18 Å². The molecular weight excluding hydrogens is 459 g/mol. The zero-order valence-electron chi connectivity index (χ0n) is 19.6. The van der Waals surface area contributed by atoms with Crippen LogP contribution in [0, 0.1) is 5.95 Å². The minimum absolute atomic E-state index is 0.146. The fraction of sp³-hybridized carbons (Fsp3) is 0.214. The van der Waals surface area contributed by atoms with Crippen LogP contribution in [-0.2, 0) is 17.7 Å². The molecule has 0 saturated carbocycles. The van der Waals surface area contributed by atoms with Crippen LogP contribution in [0.1, 0.15) is 16.7 Å². The number of H-pyrrole nitrogens is 1. The number of aromatic amines is 1. The predicted molar refractivity (Wildman–Crippen MR) is 136 cm³/mol. The summed E-state index contributed by atoms with van der Waals surface area (Å²) in [4.78, 5) is 21.3. The van der Waals surface area contributed by atoms with Crippen LogP contribution in [0.5, 0.6) is 11.5 Å². The van der Waals surface area contributed by atoms with E-state index in [-0.39, 0.29) is 5.56 Å². The summed E-state index contributed by atoms with van der Waals surface area (Å²) < 4.78 is 25.2. The van der Waals surface area contributed by atoms with Crippen LogP contribution < -0.4 is 20.5 Å². The number of para-hydroxylation sites is 1. The van der Waals surface area contributed by atoms with Crippen molar-refractivity contribution in [1.29, 1.82) is 0 Å². The van der Waals surface area contributed by atoms with Gasteiger partial charge in [-0.3, -0.25) is 4.79 Å². The van der Waals surface area contributed by atoms with E-state index in [1.54, 1.807) is 12.1 Å². The van der Waals surface area contributed by atoms with Crippen molar-refractivity contribution in [2.45, 2.75) is 13.0 Å². The molecule has 1 saturated heterocycles. The van der Waals surface area contributed by atoms with Crippen LogP contribution in [0.25, 0.3) is 11.3 Å². The van der Waals surface area contributed by atoms with Gasteiger partial charge in [0.25, 0.3) is 0 Å². The standard InChI is InChI=1S/C28H25FN4O3/c29-26-12-18(6-7-30-26)17-31-21-4-5-25-20(14-21)13-19-2-1-3-23(28(19)36-25)24-15-22(16-27(34)32-24)33-8-10-35-11-9-33/h1-7,12,14-16,31H,8-11,13,17H2,(H,32,34). The molecule has 0 bridgehead atoms. The van der Waals surface area contributed by atoms with E-state index in [0.717, 1.165) is 63.9 Å². The summed E-state index contributed by atoms with van der Waals surface area (Å²) >= 11 is 0. The Morgan fingerprint density at radius 1 is 1.03 bits per heavy atom. The van der Waals surface area contributed by atoms with Crippen LogP contribution in [0.4, 0.5) is 15.8 Å². The molecule has 2 aromatic carbocycles. The minimum atomic E-state index is -0.489. The quantitative estimate of drug-likeness (QED) is 0.352. The van der Waals surface area contributed by atoms with Crippen molar-refractivity contribution >= 4 is 11.4 Å². The fourth-order valence-electron chi connectivity index (χ4n) is 4.73. The number of fused-ring (bicyclic) bond motifs is 2. The molecule has 36 heavy (non-hydrogen) atoms. The number of ether oxygens (including phenoxy) is 2. The van der Waals surface area contributed by atoms with Gasteiger partial charge in [0, 0.05) is 60.8 Å². The average molecular weight is 485 g/mol. The second-order valence-electron chi connectivity index (χ2n) is 8.95. The van der Waals surface area contributed by atoms with Gasteiger partial charge < -0.3 is 24.7 Å². The number of hydrogen-bond donors (Lipinski definition) is 2. The third-order valence-corrected chi connectivity index (χ3v) is 6.53. The van der Waals surface area contributed by atoms with Gasteiger partial charge in [-0.2, -0.15) is 4.39 Å². The average Bonchev–Trinajstić information content (AvgIpc) is 2.90. The lowest BCUT2D eigenvalue weighted by atomic mass is 9.96. The van der Waals surface area contributed by atoms with E-state index < -0.39 is 5.95 Å². The van der Waals surface area contributed by atoms with Crippen molar-refractivity contribution in [1.82, 2.24) is 9.97 Å². The van der Waals surface area contributed by atoms with Crippen LogP contribution in [-0.4, -0.2) is 36.3 Å². The first-order valence-corrected chi connectivity index (χ1v) is 12.0. The third kappa shape index (κ3) is 4.55. The number of halogens is 1. The maximum absolute atomic E-state index is 13.4. The first-order valence-electron chi connectivity index (χ1n) is 12.0. The third-order valence-electron chi connectivity index (χ3n) is 6.53. The van der Waals surface area contributed by atoms with Crippen LogP contribution in [0.2, 0.25) is 0 Å². The Hall–Kier alpha value is -4.17. The molecule has 0 aliphatic carbocycles. The van der Waals surface area contributed by atoms with Gasteiger partial charge in [0.05, 0.1) is 18.9 Å². The van der Waals surface area contributed by atoms with E-state index >= 15 is 0 Å². The summed E-state index contributed by atoms with van der Waals surface area (Å²) in [6.45, 7) is 3.31. The molecule has 2 aliphatic heterocycles. The molecule has 182 valence electrons. The number of benzene rings is 2. The highest BCUT2D eigenvalue weighted by Gasteiger charge is 2.22. The molecule has 8 heteroatoms. The Morgan fingerprint density at radius 3 is 2.78 bits per heavy atom. The molecule has 0 amide bonds. The SMILES string of the molecule is O=c1cc(N2CCOCC2)cc(-c2cccc3c2Oc2ccc(NCc4ccnc(F)c4)cc2C3)[nH]1. The number of pyridine rings is 2. The number of rotatable bonds is 5. The largest absolute Gasteiger partial charge is 0.456 e. The molecule has 2 aromatic heterocycles. The van der Waals surface area contributed by atoms with Crippen molar-refractivity contribution in [3.63, 3.8) is 0 Å². The molecule has 4 heterocycles. The highest BCUT2D eigenvalue weighted by molar-refractivity contribution is 5.74. The van der Waals surface area contributed by atoms with Crippen molar-refractivity contribution < 1.29 is 13.9 Å². The maximum atomic E-state index is 13.4. The summed E-state index contributed by atoms with van der Waals surface area (Å²) in [6, 6.07) is 18.8. The molecule has 0 unspecified atom stereocenters. The van der Waals surface area contributed by atoms with Gasteiger partial charge in [-0.25, -0.2) is 4.98 Å². The number of anilines is 2. The monoisotopic (exact) mass is 484 g/mol. The van der Waals surface area contributed by atoms with E-state index in [1.165, 1.54) is 12.3 Å². The van der Waals surface area contributed by atoms with E-state index in [0.29, 0.717) is 26.2 Å². The zero-order chi connectivity index (χ0) is 24.5. The second-order valence-corrected chi connectivity index (χ2v) is 8.95. The molecule has 0 spiro atoms. The molecule has 2 N–H and O–H groups in total. The molecule has 4 aromatic rings. The second kappa shape index (κ2) is 9.47. The maximum Gasteiger partial charge on any atom is 0.250 e. The van der Waals surface area contributed by atoms with Gasteiger partial charge in [0.1, 0.15) is 11.5 Å². The number of nitrogens with one attached hydrogen (secondary N) is 2. The van der Waals surface area contributed by atoms with Gasteiger partial charge in [-0.1, -0.05) is 12.1 Å². The Morgan fingerprint density at radius 2 is 1.92 bits per heavy atom. The number of aromatic nitrogens is 2. The van der Waals surface area contributed by atoms with Gasteiger partial charge in [0.15, 0.2) is 0 Å². The Labute approximate surface area is 207 Å². The first-order chi connectivity index (χ1) is 17.6. The van der Waals surface area contributed by atoms with Crippen molar-refractivity contribution in [3.8, 4) is 22.8 Å². The zero-order valence-corrected chi connectivity index (χ0v) is 19.6. The molecular formula is C28H25FN4O3. The fourth-order valence-corrected chi connectivity index (χ4v) is 4.73. The first kappa shape index (κ1) is 22.3. The van der Waals surface area contributed by atoms with Crippen molar-refractivity contribution in [3.05, 3.63) is 99.9 Å². The Bertz CT molecular complexity index is 1480. The lowest BCUT2D eigenvalue weighted by molar-refractivity contribution is 0.122. The lowest BCUT2D eigenvalue weighted by Gasteiger charge is -2.29. The Kier molecular flexibility index (Phi) is 5.87. The minimum Gasteiger partial charge on any atom is -0.456 e. The molecule has 1 fully saturated rings. The smallest absolute Gasteiger partial charge is 0.250 e. The summed E-state index contributed by atoms with van der Waals surface area (Å²) in [5.41, 5.74) is 6.17. The van der Waals surface area contributed by atoms with Gasteiger partial charge >= 0.3 is 0 Å². The normalized spacial score (nSPS) is 14.5. The van der Waals surface area contributed by atoms with E-state index in [4.69, 9.17) is 9.47 Å². The van der Waals surface area contributed by atoms with Crippen LogP contribution in [0.3, 0.4) is 0 Å². The Balaban J connectivity index is 1.26. The highest BCUT2D eigenvalue weighted by atomic mass is 19.1. The number of morpholine rings is 1. The number of hydrogen-bond acceptors (Lipinski definition) is 6. The van der Waals surface area contributed by atoms with Crippen molar-refractivity contribution in [2.24, 2.45) is 0 Å². The molecule has 7 nitrogen and oxygen atoms in total. The molecule has 2 aliphatic rings. The predicted octanol–water partition coefficient (Wildman–Crippen LogP) is 4.72. The van der Waals surface area contributed by atoms with Crippen LogP contribution >= 0.6 is 0 Å². The number of nitrogens with zero attached hydrogens (tertiary/aromatic N) is 2. The van der Waals surface area contributed by atoms with Gasteiger partial charge in [0.2, 0.25) is 11.5 Å². The van der Waals surface area contributed by atoms with Gasteiger partial charge in [-0.15, -0.1) is 0 Å². The summed E-state index contributed by atoms with van der Waals surface area (Å²) in [6.07, 6.45) is 2.16.